The third-order valence-corrected chi connectivity index (χ3v) is 3.89. The van der Waals surface area contributed by atoms with Crippen LogP contribution < -0.4 is 10.6 Å². The molecule has 0 aliphatic carbocycles. The lowest BCUT2D eigenvalue weighted by molar-refractivity contribution is -0.121. The molecule has 100 valence electrons. The van der Waals surface area contributed by atoms with Gasteiger partial charge in [0.15, 0.2) is 0 Å². The highest BCUT2D eigenvalue weighted by Crippen LogP contribution is 2.11. The molecular formula is C13H20N2O2S. The van der Waals surface area contributed by atoms with Gasteiger partial charge >= 0.3 is 0 Å². The van der Waals surface area contributed by atoms with Gasteiger partial charge in [-0.25, -0.2) is 0 Å². The minimum Gasteiger partial charge on any atom is -0.378 e. The number of morpholine rings is 1. The summed E-state index contributed by atoms with van der Waals surface area (Å²) in [6.07, 6.45) is 2.52. The van der Waals surface area contributed by atoms with E-state index in [1.54, 1.807) is 11.3 Å². The Morgan fingerprint density at radius 2 is 2.56 bits per heavy atom. The number of rotatable bonds is 6. The maximum atomic E-state index is 11.6. The summed E-state index contributed by atoms with van der Waals surface area (Å²) in [5, 5.41) is 8.34. The fourth-order valence-electron chi connectivity index (χ4n) is 1.95. The normalized spacial score (nSPS) is 19.7. The number of ether oxygens (including phenoxy) is 1. The van der Waals surface area contributed by atoms with Crippen molar-refractivity contribution in [2.24, 2.45) is 0 Å². The number of carbonyl (C=O) groups excluding carboxylic acids is 1. The van der Waals surface area contributed by atoms with Crippen LogP contribution in [0.25, 0.3) is 0 Å². The second-order valence-corrected chi connectivity index (χ2v) is 5.50. The topological polar surface area (TPSA) is 50.4 Å². The molecule has 1 saturated heterocycles. The molecule has 5 heteroatoms. The summed E-state index contributed by atoms with van der Waals surface area (Å²) >= 11 is 1.75. The molecule has 1 fully saturated rings. The van der Waals surface area contributed by atoms with E-state index in [9.17, 15) is 4.79 Å². The molecule has 18 heavy (non-hydrogen) atoms. The summed E-state index contributed by atoms with van der Waals surface area (Å²) in [6, 6.07) is 4.43. The Bertz CT molecular complexity index is 348. The van der Waals surface area contributed by atoms with Crippen molar-refractivity contribution in [1.29, 1.82) is 0 Å². The van der Waals surface area contributed by atoms with E-state index in [-0.39, 0.29) is 11.9 Å². The highest BCUT2D eigenvalue weighted by atomic mass is 32.1. The van der Waals surface area contributed by atoms with Gasteiger partial charge in [0, 0.05) is 30.4 Å². The summed E-state index contributed by atoms with van der Waals surface area (Å²) in [7, 11) is 0. The number of nitrogens with one attached hydrogen (secondary N) is 2. The molecule has 0 aromatic carbocycles. The molecule has 1 atom stereocenters. The summed E-state index contributed by atoms with van der Waals surface area (Å²) in [6.45, 7) is 3.00. The Kier molecular flexibility index (Phi) is 5.64. The minimum absolute atomic E-state index is 0.138. The lowest BCUT2D eigenvalue weighted by Crippen LogP contribution is -2.48. The van der Waals surface area contributed by atoms with E-state index in [1.807, 2.05) is 0 Å². The van der Waals surface area contributed by atoms with Gasteiger partial charge in [-0.15, -0.1) is 11.3 Å². The third-order valence-electron chi connectivity index (χ3n) is 2.95. The summed E-state index contributed by atoms with van der Waals surface area (Å²) < 4.78 is 5.33. The van der Waals surface area contributed by atoms with Crippen LogP contribution in [0, 0.1) is 0 Å². The molecule has 0 saturated carbocycles. The smallest absolute Gasteiger partial charge is 0.220 e. The second kappa shape index (κ2) is 7.51. The Balaban J connectivity index is 1.54. The summed E-state index contributed by atoms with van der Waals surface area (Å²) in [5.74, 6) is 0.138. The maximum absolute atomic E-state index is 11.6. The molecule has 4 nitrogen and oxygen atoms in total. The van der Waals surface area contributed by atoms with Crippen molar-refractivity contribution < 1.29 is 9.53 Å². The number of hydrogen-bond acceptors (Lipinski definition) is 4. The molecule has 0 bridgehead atoms. The van der Waals surface area contributed by atoms with E-state index in [2.05, 4.69) is 28.1 Å². The van der Waals surface area contributed by atoms with Crippen LogP contribution in [0.15, 0.2) is 17.5 Å². The Morgan fingerprint density at radius 1 is 1.61 bits per heavy atom. The Labute approximate surface area is 112 Å². The zero-order valence-electron chi connectivity index (χ0n) is 10.5. The van der Waals surface area contributed by atoms with Crippen molar-refractivity contribution in [2.75, 3.05) is 26.3 Å². The van der Waals surface area contributed by atoms with E-state index in [0.717, 1.165) is 26.0 Å². The van der Waals surface area contributed by atoms with Crippen molar-refractivity contribution in [2.45, 2.75) is 25.3 Å². The fraction of sp³-hybridized carbons (Fsp3) is 0.615. The second-order valence-electron chi connectivity index (χ2n) is 4.46. The fourth-order valence-corrected chi connectivity index (χ4v) is 2.71. The molecule has 1 amide bonds. The molecule has 1 aromatic heterocycles. The number of hydrogen-bond donors (Lipinski definition) is 2. The first-order valence-electron chi connectivity index (χ1n) is 6.45. The first-order chi connectivity index (χ1) is 8.84. The van der Waals surface area contributed by atoms with E-state index >= 15 is 0 Å². The first kappa shape index (κ1) is 13.5. The largest absolute Gasteiger partial charge is 0.378 e. The van der Waals surface area contributed by atoms with Gasteiger partial charge < -0.3 is 15.4 Å². The Hall–Kier alpha value is -0.910. The standard InChI is InChI=1S/C13H20N2O2S/c16-13(5-1-3-12-4-2-8-18-12)15-9-11-10-17-7-6-14-11/h2,4,8,11,14H,1,3,5-7,9-10H2,(H,15,16). The van der Waals surface area contributed by atoms with Gasteiger partial charge in [0.25, 0.3) is 0 Å². The average Bonchev–Trinajstić information content (AvgIpc) is 2.91. The molecule has 1 unspecified atom stereocenters. The van der Waals surface area contributed by atoms with Gasteiger partial charge in [0.05, 0.1) is 13.2 Å². The van der Waals surface area contributed by atoms with Gasteiger partial charge in [0.1, 0.15) is 0 Å². The SMILES string of the molecule is O=C(CCCc1cccs1)NCC1COCCN1. The van der Waals surface area contributed by atoms with Gasteiger partial charge in [-0.3, -0.25) is 4.79 Å². The summed E-state index contributed by atoms with van der Waals surface area (Å²) in [4.78, 5) is 13.0. The molecule has 2 heterocycles. The minimum atomic E-state index is 0.138. The van der Waals surface area contributed by atoms with Crippen LogP contribution in [0.1, 0.15) is 17.7 Å². The van der Waals surface area contributed by atoms with Gasteiger partial charge in [-0.2, -0.15) is 0 Å². The van der Waals surface area contributed by atoms with Crippen molar-refractivity contribution in [3.63, 3.8) is 0 Å². The van der Waals surface area contributed by atoms with Crippen LogP contribution in [-0.4, -0.2) is 38.3 Å². The quantitative estimate of drug-likeness (QED) is 0.814. The van der Waals surface area contributed by atoms with Crippen molar-refractivity contribution in [3.05, 3.63) is 22.4 Å². The molecule has 1 aliphatic heterocycles. The number of carbonyl (C=O) groups is 1. The molecule has 2 rings (SSSR count). The zero-order chi connectivity index (χ0) is 12.6. The lowest BCUT2D eigenvalue weighted by Gasteiger charge is -2.23. The molecule has 2 N–H and O–H groups in total. The predicted molar refractivity (Wildman–Crippen MR) is 72.9 cm³/mol. The van der Waals surface area contributed by atoms with Crippen LogP contribution in [-0.2, 0) is 16.0 Å². The van der Waals surface area contributed by atoms with E-state index in [0.29, 0.717) is 19.6 Å². The van der Waals surface area contributed by atoms with Crippen LogP contribution in [0.2, 0.25) is 0 Å². The van der Waals surface area contributed by atoms with Crippen molar-refractivity contribution in [3.8, 4) is 0 Å². The molecular weight excluding hydrogens is 248 g/mol. The van der Waals surface area contributed by atoms with Gasteiger partial charge in [0.2, 0.25) is 5.91 Å². The van der Waals surface area contributed by atoms with Crippen molar-refractivity contribution >= 4 is 17.2 Å². The molecule has 0 spiro atoms. The average molecular weight is 268 g/mol. The van der Waals surface area contributed by atoms with Crippen LogP contribution in [0.5, 0.6) is 0 Å². The lowest BCUT2D eigenvalue weighted by atomic mass is 10.2. The van der Waals surface area contributed by atoms with E-state index < -0.39 is 0 Å². The number of amides is 1. The number of thiophene rings is 1. The van der Waals surface area contributed by atoms with Crippen LogP contribution in [0.3, 0.4) is 0 Å². The molecule has 1 aliphatic rings. The van der Waals surface area contributed by atoms with Gasteiger partial charge in [-0.05, 0) is 24.3 Å². The Morgan fingerprint density at radius 3 is 3.28 bits per heavy atom. The predicted octanol–water partition coefficient (Wildman–Crippen LogP) is 1.18. The molecule has 1 aromatic rings. The van der Waals surface area contributed by atoms with Crippen molar-refractivity contribution in [1.82, 2.24) is 10.6 Å². The van der Waals surface area contributed by atoms with Gasteiger partial charge in [-0.1, -0.05) is 6.07 Å². The first-order valence-corrected chi connectivity index (χ1v) is 7.33. The zero-order valence-corrected chi connectivity index (χ0v) is 11.3. The monoisotopic (exact) mass is 268 g/mol. The van der Waals surface area contributed by atoms with Crippen LogP contribution >= 0.6 is 11.3 Å². The summed E-state index contributed by atoms with van der Waals surface area (Å²) in [5.41, 5.74) is 0. The van der Waals surface area contributed by atoms with E-state index in [1.165, 1.54) is 4.88 Å². The highest BCUT2D eigenvalue weighted by Gasteiger charge is 2.13. The highest BCUT2D eigenvalue weighted by molar-refractivity contribution is 7.09. The van der Waals surface area contributed by atoms with E-state index in [4.69, 9.17) is 4.74 Å². The number of aryl methyl sites for hydroxylation is 1. The molecule has 0 radical (unpaired) electrons. The van der Waals surface area contributed by atoms with Crippen LogP contribution in [0.4, 0.5) is 0 Å². The maximum Gasteiger partial charge on any atom is 0.220 e. The third kappa shape index (κ3) is 4.76.